The van der Waals surface area contributed by atoms with Gasteiger partial charge in [-0.05, 0) is 66.2 Å². The normalized spacial score (nSPS) is 15.5. The fourth-order valence-corrected chi connectivity index (χ4v) is 2.71. The molecule has 0 saturated heterocycles. The molecule has 0 amide bonds. The summed E-state index contributed by atoms with van der Waals surface area (Å²) < 4.78 is 2.50. The molecule has 0 bridgehead atoms. The first kappa shape index (κ1) is 13.8. The van der Waals surface area contributed by atoms with Crippen molar-refractivity contribution in [3.63, 3.8) is 0 Å². The zero-order valence-corrected chi connectivity index (χ0v) is 13.8. The van der Waals surface area contributed by atoms with Gasteiger partial charge in [0.1, 0.15) is 0 Å². The fraction of sp³-hybridized carbons (Fsp3) is 0.538. The van der Waals surface area contributed by atoms with E-state index in [1.807, 2.05) is 0 Å². The number of benzene rings is 1. The first-order valence-corrected chi connectivity index (χ1v) is 7.88. The predicted molar refractivity (Wildman–Crippen MR) is 84.2 cm³/mol. The molecule has 1 aliphatic rings. The molecule has 2 nitrogen and oxygen atoms in total. The first-order chi connectivity index (χ1) is 8.15. The lowest BCUT2D eigenvalue weighted by Gasteiger charge is -2.18. The lowest BCUT2D eigenvalue weighted by atomic mass is 10.2. The smallest absolute Gasteiger partial charge is 0.0242 e. The molecule has 0 spiro atoms. The minimum Gasteiger partial charge on any atom is -0.313 e. The molecule has 0 heterocycles. The van der Waals surface area contributed by atoms with Crippen molar-refractivity contribution in [3.8, 4) is 0 Å². The van der Waals surface area contributed by atoms with Crippen LogP contribution in [0.5, 0.6) is 0 Å². The van der Waals surface area contributed by atoms with Gasteiger partial charge in [0.15, 0.2) is 0 Å². The first-order valence-electron chi connectivity index (χ1n) is 6.01. The minimum atomic E-state index is 0.813. The molecule has 2 rings (SSSR count). The summed E-state index contributed by atoms with van der Waals surface area (Å²) in [4.78, 5) is 2.37. The zero-order valence-electron chi connectivity index (χ0n) is 10.0. The van der Waals surface area contributed by atoms with Gasteiger partial charge in [0.25, 0.3) is 0 Å². The molecule has 1 aliphatic carbocycles. The fourth-order valence-electron chi connectivity index (χ4n) is 1.78. The summed E-state index contributed by atoms with van der Waals surface area (Å²) in [6.07, 6.45) is 2.73. The molecule has 4 heteroatoms. The largest absolute Gasteiger partial charge is 0.313 e. The Bertz CT molecular complexity index is 380. The average Bonchev–Trinajstić information content (AvgIpc) is 3.07. The summed E-state index contributed by atoms with van der Waals surface area (Å²) in [7, 11) is 2.18. The second-order valence-electron chi connectivity index (χ2n) is 4.70. The topological polar surface area (TPSA) is 15.3 Å². The number of nitrogens with one attached hydrogen (secondary N) is 1. The van der Waals surface area contributed by atoms with E-state index >= 15 is 0 Å². The van der Waals surface area contributed by atoms with Crippen molar-refractivity contribution >= 4 is 38.5 Å². The Labute approximate surface area is 125 Å². The van der Waals surface area contributed by atoms with Crippen molar-refractivity contribution in [3.05, 3.63) is 31.8 Å². The maximum Gasteiger partial charge on any atom is 0.0242 e. The summed E-state index contributed by atoms with van der Waals surface area (Å²) in [5.74, 6) is 0. The molecule has 0 aliphatic heterocycles. The standard InChI is InChI=1S/C13H18BrIN2/c1-17(7-6-16-12-3-4-12)9-10-8-11(15)2-5-13(10)14/h2,5,8,12,16H,3-4,6-7,9H2,1H3. The van der Waals surface area contributed by atoms with E-state index in [9.17, 15) is 0 Å². The van der Waals surface area contributed by atoms with E-state index in [0.29, 0.717) is 0 Å². The SMILES string of the molecule is CN(CCNC1CC1)Cc1cc(I)ccc1Br. The molecule has 94 valence electrons. The Morgan fingerprint density at radius 1 is 1.47 bits per heavy atom. The predicted octanol–water partition coefficient (Wildman–Crippen LogP) is 3.24. The Morgan fingerprint density at radius 3 is 2.94 bits per heavy atom. The average molecular weight is 409 g/mol. The van der Waals surface area contributed by atoms with Crippen molar-refractivity contribution in [2.24, 2.45) is 0 Å². The Morgan fingerprint density at radius 2 is 2.24 bits per heavy atom. The van der Waals surface area contributed by atoms with Crippen LogP contribution < -0.4 is 5.32 Å². The molecule has 1 aromatic rings. The molecule has 0 unspecified atom stereocenters. The van der Waals surface area contributed by atoms with Crippen LogP contribution in [-0.2, 0) is 6.54 Å². The zero-order chi connectivity index (χ0) is 12.3. The van der Waals surface area contributed by atoms with Crippen LogP contribution in [0, 0.1) is 3.57 Å². The molecule has 1 N–H and O–H groups in total. The van der Waals surface area contributed by atoms with E-state index in [1.165, 1.54) is 26.4 Å². The lowest BCUT2D eigenvalue weighted by Crippen LogP contribution is -2.30. The van der Waals surface area contributed by atoms with Crippen LogP contribution >= 0.6 is 38.5 Å². The van der Waals surface area contributed by atoms with Gasteiger partial charge >= 0.3 is 0 Å². The number of likely N-dealkylation sites (N-methyl/N-ethyl adjacent to an activating group) is 1. The Hall–Kier alpha value is 0.350. The van der Waals surface area contributed by atoms with Crippen molar-refractivity contribution in [2.45, 2.75) is 25.4 Å². The van der Waals surface area contributed by atoms with Crippen molar-refractivity contribution in [1.82, 2.24) is 10.2 Å². The van der Waals surface area contributed by atoms with Crippen molar-refractivity contribution in [1.29, 1.82) is 0 Å². The maximum atomic E-state index is 3.61. The highest BCUT2D eigenvalue weighted by atomic mass is 127. The Balaban J connectivity index is 1.79. The van der Waals surface area contributed by atoms with Gasteiger partial charge in [-0.25, -0.2) is 0 Å². The van der Waals surface area contributed by atoms with E-state index in [2.05, 4.69) is 74.0 Å². The van der Waals surface area contributed by atoms with Gasteiger partial charge in [0.05, 0.1) is 0 Å². The number of nitrogens with zero attached hydrogens (tertiary/aromatic N) is 1. The highest BCUT2D eigenvalue weighted by Gasteiger charge is 2.19. The molecule has 0 atom stereocenters. The van der Waals surface area contributed by atoms with Crippen LogP contribution in [0.3, 0.4) is 0 Å². The third kappa shape index (κ3) is 4.85. The van der Waals surface area contributed by atoms with E-state index < -0.39 is 0 Å². The maximum absolute atomic E-state index is 3.61. The van der Waals surface area contributed by atoms with E-state index in [4.69, 9.17) is 0 Å². The molecule has 17 heavy (non-hydrogen) atoms. The number of hydrogen-bond acceptors (Lipinski definition) is 2. The number of hydrogen-bond donors (Lipinski definition) is 1. The Kier molecular flexibility index (Phi) is 5.26. The number of rotatable bonds is 6. The lowest BCUT2D eigenvalue weighted by molar-refractivity contribution is 0.323. The summed E-state index contributed by atoms with van der Waals surface area (Å²) in [6.45, 7) is 3.21. The third-order valence-corrected chi connectivity index (χ3v) is 4.40. The second-order valence-corrected chi connectivity index (χ2v) is 6.80. The van der Waals surface area contributed by atoms with E-state index in [-0.39, 0.29) is 0 Å². The quantitative estimate of drug-likeness (QED) is 0.727. The van der Waals surface area contributed by atoms with Gasteiger partial charge in [0.2, 0.25) is 0 Å². The number of halogens is 2. The van der Waals surface area contributed by atoms with Gasteiger partial charge < -0.3 is 10.2 Å². The summed E-state index contributed by atoms with van der Waals surface area (Å²) in [6, 6.07) is 7.32. The molecular formula is C13H18BrIN2. The second kappa shape index (κ2) is 6.50. The molecule has 0 radical (unpaired) electrons. The van der Waals surface area contributed by atoms with Gasteiger partial charge in [-0.15, -0.1) is 0 Å². The molecule has 1 aromatic carbocycles. The molecular weight excluding hydrogens is 391 g/mol. The van der Waals surface area contributed by atoms with Crippen LogP contribution in [0.25, 0.3) is 0 Å². The van der Waals surface area contributed by atoms with Gasteiger partial charge in [0, 0.05) is 33.7 Å². The van der Waals surface area contributed by atoms with E-state index in [1.54, 1.807) is 0 Å². The monoisotopic (exact) mass is 408 g/mol. The van der Waals surface area contributed by atoms with Gasteiger partial charge in [-0.3, -0.25) is 0 Å². The third-order valence-electron chi connectivity index (χ3n) is 2.95. The van der Waals surface area contributed by atoms with E-state index in [0.717, 1.165) is 25.7 Å². The van der Waals surface area contributed by atoms with Crippen molar-refractivity contribution < 1.29 is 0 Å². The summed E-state index contributed by atoms with van der Waals surface area (Å²) >= 11 is 5.98. The van der Waals surface area contributed by atoms with Crippen LogP contribution in [0.1, 0.15) is 18.4 Å². The van der Waals surface area contributed by atoms with Crippen LogP contribution in [0.2, 0.25) is 0 Å². The highest BCUT2D eigenvalue weighted by molar-refractivity contribution is 14.1. The van der Waals surface area contributed by atoms with Crippen LogP contribution in [0.15, 0.2) is 22.7 Å². The van der Waals surface area contributed by atoms with Gasteiger partial charge in [-0.1, -0.05) is 15.9 Å². The van der Waals surface area contributed by atoms with Crippen molar-refractivity contribution in [2.75, 3.05) is 20.1 Å². The molecule has 0 aromatic heterocycles. The molecule has 1 fully saturated rings. The highest BCUT2D eigenvalue weighted by Crippen LogP contribution is 2.21. The van der Waals surface area contributed by atoms with Crippen LogP contribution in [0.4, 0.5) is 0 Å². The van der Waals surface area contributed by atoms with Gasteiger partial charge in [-0.2, -0.15) is 0 Å². The van der Waals surface area contributed by atoms with Crippen LogP contribution in [-0.4, -0.2) is 31.1 Å². The summed E-state index contributed by atoms with van der Waals surface area (Å²) in [5, 5.41) is 3.54. The molecule has 1 saturated carbocycles. The minimum absolute atomic E-state index is 0.813. The summed E-state index contributed by atoms with van der Waals surface area (Å²) in [5.41, 5.74) is 1.37.